The van der Waals surface area contributed by atoms with E-state index in [1.165, 1.54) is 25.7 Å². The van der Waals surface area contributed by atoms with E-state index in [2.05, 4.69) is 22.1 Å². The van der Waals surface area contributed by atoms with Crippen molar-refractivity contribution in [2.45, 2.75) is 38.6 Å². The molecule has 5 heteroatoms. The van der Waals surface area contributed by atoms with Gasteiger partial charge in [-0.1, -0.05) is 12.5 Å². The maximum atomic E-state index is 12.6. The number of hydrogen-bond donors (Lipinski definition) is 1. The lowest BCUT2D eigenvalue weighted by molar-refractivity contribution is 0.0910. The molecule has 0 aromatic carbocycles. The summed E-state index contributed by atoms with van der Waals surface area (Å²) in [5, 5.41) is 3.21. The smallest absolute Gasteiger partial charge is 0.270 e. The molecule has 1 amide bonds. The van der Waals surface area contributed by atoms with Gasteiger partial charge >= 0.3 is 0 Å². The standard InChI is InChI=1S/C19H27N3O2/c1-13(16-12-14-5-6-15(16)11-14)20-19(23)17-3-2-4-18(21-17)22-7-9-24-10-8-22/h2-4,13-16H,5-12H2,1H3,(H,20,23). The maximum Gasteiger partial charge on any atom is 0.270 e. The van der Waals surface area contributed by atoms with Crippen LogP contribution in [-0.4, -0.2) is 43.2 Å². The molecule has 5 nitrogen and oxygen atoms in total. The molecule has 1 saturated heterocycles. The SMILES string of the molecule is CC(NC(=O)c1cccc(N2CCOCC2)n1)C1CC2CCC1C2. The summed E-state index contributed by atoms with van der Waals surface area (Å²) in [6.07, 6.45) is 5.40. The maximum absolute atomic E-state index is 12.6. The Kier molecular flexibility index (Phi) is 4.44. The van der Waals surface area contributed by atoms with Crippen LogP contribution in [0.4, 0.5) is 5.82 Å². The molecule has 4 atom stereocenters. The second-order valence-corrected chi connectivity index (χ2v) is 7.58. The number of ether oxygens (including phenoxy) is 1. The van der Waals surface area contributed by atoms with E-state index in [0.717, 1.165) is 44.0 Å². The van der Waals surface area contributed by atoms with Crippen molar-refractivity contribution in [3.05, 3.63) is 23.9 Å². The Hall–Kier alpha value is -1.62. The van der Waals surface area contributed by atoms with Crippen LogP contribution in [0.5, 0.6) is 0 Å². The number of hydrogen-bond acceptors (Lipinski definition) is 4. The summed E-state index contributed by atoms with van der Waals surface area (Å²) < 4.78 is 5.38. The van der Waals surface area contributed by atoms with Crippen molar-refractivity contribution in [3.8, 4) is 0 Å². The van der Waals surface area contributed by atoms with Crippen LogP contribution < -0.4 is 10.2 Å². The predicted molar refractivity (Wildman–Crippen MR) is 93.1 cm³/mol. The fourth-order valence-corrected chi connectivity index (χ4v) is 4.81. The number of pyridine rings is 1. The Bertz CT molecular complexity index is 600. The Balaban J connectivity index is 1.40. The Morgan fingerprint density at radius 3 is 2.83 bits per heavy atom. The van der Waals surface area contributed by atoms with E-state index >= 15 is 0 Å². The first-order valence-corrected chi connectivity index (χ1v) is 9.31. The summed E-state index contributed by atoms with van der Waals surface area (Å²) >= 11 is 0. The highest BCUT2D eigenvalue weighted by Gasteiger charge is 2.42. The number of anilines is 1. The minimum atomic E-state index is -0.0413. The van der Waals surface area contributed by atoms with Crippen LogP contribution in [0.2, 0.25) is 0 Å². The molecular formula is C19H27N3O2. The van der Waals surface area contributed by atoms with Crippen molar-refractivity contribution in [3.63, 3.8) is 0 Å². The van der Waals surface area contributed by atoms with Crippen LogP contribution in [0.3, 0.4) is 0 Å². The van der Waals surface area contributed by atoms with Crippen LogP contribution in [-0.2, 0) is 4.74 Å². The largest absolute Gasteiger partial charge is 0.378 e. The molecule has 24 heavy (non-hydrogen) atoms. The summed E-state index contributed by atoms with van der Waals surface area (Å²) in [7, 11) is 0. The minimum absolute atomic E-state index is 0.0413. The zero-order valence-electron chi connectivity index (χ0n) is 14.4. The molecule has 4 unspecified atom stereocenters. The number of aromatic nitrogens is 1. The van der Waals surface area contributed by atoms with Crippen LogP contribution >= 0.6 is 0 Å². The van der Waals surface area contributed by atoms with Gasteiger partial charge < -0.3 is 15.0 Å². The number of nitrogens with one attached hydrogen (secondary N) is 1. The molecule has 2 heterocycles. The molecule has 3 aliphatic rings. The normalized spacial score (nSPS) is 30.4. The number of fused-ring (bicyclic) bond motifs is 2. The number of nitrogens with zero attached hydrogens (tertiary/aromatic N) is 2. The van der Waals surface area contributed by atoms with E-state index in [4.69, 9.17) is 4.74 Å². The molecule has 1 N–H and O–H groups in total. The molecule has 1 aliphatic heterocycles. The van der Waals surface area contributed by atoms with E-state index in [9.17, 15) is 4.79 Å². The number of carbonyl (C=O) groups is 1. The summed E-state index contributed by atoms with van der Waals surface area (Å²) in [5.74, 6) is 3.20. The van der Waals surface area contributed by atoms with Gasteiger partial charge in [0.1, 0.15) is 11.5 Å². The van der Waals surface area contributed by atoms with Crippen molar-refractivity contribution in [2.75, 3.05) is 31.2 Å². The second kappa shape index (κ2) is 6.71. The van der Waals surface area contributed by atoms with Crippen LogP contribution in [0.15, 0.2) is 18.2 Å². The molecule has 2 aliphatic carbocycles. The molecular weight excluding hydrogens is 302 g/mol. The van der Waals surface area contributed by atoms with Crippen molar-refractivity contribution in [1.82, 2.24) is 10.3 Å². The van der Waals surface area contributed by atoms with E-state index in [-0.39, 0.29) is 11.9 Å². The topological polar surface area (TPSA) is 54.5 Å². The van der Waals surface area contributed by atoms with Gasteiger partial charge in [-0.15, -0.1) is 0 Å². The lowest BCUT2D eigenvalue weighted by Crippen LogP contribution is -2.41. The first-order chi connectivity index (χ1) is 11.7. The molecule has 2 bridgehead atoms. The first kappa shape index (κ1) is 15.9. The quantitative estimate of drug-likeness (QED) is 0.922. The van der Waals surface area contributed by atoms with Gasteiger partial charge in [0.15, 0.2) is 0 Å². The minimum Gasteiger partial charge on any atom is -0.378 e. The summed E-state index contributed by atoms with van der Waals surface area (Å²) in [6, 6.07) is 5.95. The van der Waals surface area contributed by atoms with Gasteiger partial charge in [0, 0.05) is 19.1 Å². The van der Waals surface area contributed by atoms with Gasteiger partial charge in [-0.2, -0.15) is 0 Å². The van der Waals surface area contributed by atoms with Gasteiger partial charge in [-0.25, -0.2) is 4.98 Å². The average molecular weight is 329 g/mol. The summed E-state index contributed by atoms with van der Waals surface area (Å²) in [4.78, 5) is 19.4. The van der Waals surface area contributed by atoms with Crippen LogP contribution in [0.25, 0.3) is 0 Å². The average Bonchev–Trinajstić information content (AvgIpc) is 3.26. The van der Waals surface area contributed by atoms with Gasteiger partial charge in [-0.3, -0.25) is 4.79 Å². The van der Waals surface area contributed by atoms with E-state index < -0.39 is 0 Å². The Labute approximate surface area is 143 Å². The predicted octanol–water partition coefficient (Wildman–Crippen LogP) is 2.47. The van der Waals surface area contributed by atoms with Gasteiger partial charge in [0.05, 0.1) is 13.2 Å². The molecule has 1 aromatic rings. The number of rotatable bonds is 4. The Morgan fingerprint density at radius 2 is 2.12 bits per heavy atom. The monoisotopic (exact) mass is 329 g/mol. The first-order valence-electron chi connectivity index (χ1n) is 9.31. The molecule has 1 aromatic heterocycles. The van der Waals surface area contributed by atoms with Crippen LogP contribution in [0, 0.1) is 17.8 Å². The van der Waals surface area contributed by atoms with Gasteiger partial charge in [-0.05, 0) is 56.1 Å². The number of carbonyl (C=O) groups excluding carboxylic acids is 1. The molecule has 2 saturated carbocycles. The molecule has 0 radical (unpaired) electrons. The summed E-state index contributed by atoms with van der Waals surface area (Å²) in [6.45, 7) is 5.27. The molecule has 3 fully saturated rings. The van der Waals surface area contributed by atoms with Crippen molar-refractivity contribution < 1.29 is 9.53 Å². The van der Waals surface area contributed by atoms with Crippen molar-refractivity contribution in [2.24, 2.45) is 17.8 Å². The second-order valence-electron chi connectivity index (χ2n) is 7.58. The highest BCUT2D eigenvalue weighted by atomic mass is 16.5. The van der Waals surface area contributed by atoms with E-state index in [1.54, 1.807) is 0 Å². The van der Waals surface area contributed by atoms with Gasteiger partial charge in [0.25, 0.3) is 5.91 Å². The zero-order chi connectivity index (χ0) is 16.5. The number of amides is 1. The third kappa shape index (κ3) is 3.14. The number of morpholine rings is 1. The third-order valence-corrected chi connectivity index (χ3v) is 6.10. The molecule has 4 rings (SSSR count). The molecule has 0 spiro atoms. The lowest BCUT2D eigenvalue weighted by Gasteiger charge is -2.29. The van der Waals surface area contributed by atoms with Crippen molar-refractivity contribution in [1.29, 1.82) is 0 Å². The highest BCUT2D eigenvalue weighted by molar-refractivity contribution is 5.92. The zero-order valence-corrected chi connectivity index (χ0v) is 14.4. The van der Waals surface area contributed by atoms with E-state index in [0.29, 0.717) is 11.6 Å². The summed E-state index contributed by atoms with van der Waals surface area (Å²) in [5.41, 5.74) is 0.522. The molecule has 130 valence electrons. The van der Waals surface area contributed by atoms with Crippen LogP contribution in [0.1, 0.15) is 43.1 Å². The highest BCUT2D eigenvalue weighted by Crippen LogP contribution is 2.49. The van der Waals surface area contributed by atoms with E-state index in [1.807, 2.05) is 18.2 Å². The lowest BCUT2D eigenvalue weighted by atomic mass is 9.84. The fourth-order valence-electron chi connectivity index (χ4n) is 4.81. The van der Waals surface area contributed by atoms with Gasteiger partial charge in [0.2, 0.25) is 0 Å². The fraction of sp³-hybridized carbons (Fsp3) is 0.684. The third-order valence-electron chi connectivity index (χ3n) is 6.10. The van der Waals surface area contributed by atoms with Crippen molar-refractivity contribution >= 4 is 11.7 Å². The Morgan fingerprint density at radius 1 is 1.29 bits per heavy atom.